The molecule has 1 aromatic heterocycles. The summed E-state index contributed by atoms with van der Waals surface area (Å²) in [6.45, 7) is 6.04. The number of halogens is 1. The van der Waals surface area contributed by atoms with Crippen LogP contribution in [0.5, 0.6) is 5.75 Å². The third kappa shape index (κ3) is 5.92. The maximum absolute atomic E-state index is 12.9. The van der Waals surface area contributed by atoms with Crippen LogP contribution in [0.25, 0.3) is 0 Å². The fourth-order valence-corrected chi connectivity index (χ4v) is 10.4. The number of benzene rings is 1. The average molecular weight is 718 g/mol. The molecule has 266 valence electrons. The molecule has 50 heavy (non-hydrogen) atoms. The Labute approximate surface area is 304 Å². The molecule has 10 nitrogen and oxygen atoms in total. The topological polar surface area (TPSA) is 98.5 Å². The van der Waals surface area contributed by atoms with E-state index >= 15 is 0 Å². The molecule has 8 rings (SSSR count). The zero-order chi connectivity index (χ0) is 34.7. The zero-order valence-electron chi connectivity index (χ0n) is 29.6. The van der Waals surface area contributed by atoms with Gasteiger partial charge in [0.1, 0.15) is 11.4 Å². The van der Waals surface area contributed by atoms with Crippen LogP contribution in [0, 0.1) is 0 Å². The highest BCUT2D eigenvalue weighted by atomic mass is 35.5. The lowest BCUT2D eigenvalue weighted by atomic mass is 9.79. The van der Waals surface area contributed by atoms with Gasteiger partial charge in [-0.2, -0.15) is 10.2 Å². The van der Waals surface area contributed by atoms with Gasteiger partial charge in [-0.25, -0.2) is 4.79 Å². The first kappa shape index (κ1) is 33.7. The second-order valence-corrected chi connectivity index (χ2v) is 16.6. The molecule has 6 aliphatic rings. The molecule has 0 saturated carbocycles. The van der Waals surface area contributed by atoms with E-state index in [0.29, 0.717) is 31.7 Å². The molecule has 1 aromatic carbocycles. The van der Waals surface area contributed by atoms with Crippen molar-refractivity contribution in [3.05, 3.63) is 68.7 Å². The molecule has 0 saturated heterocycles. The van der Waals surface area contributed by atoms with Crippen molar-refractivity contribution in [2.24, 2.45) is 5.10 Å². The van der Waals surface area contributed by atoms with Crippen molar-refractivity contribution in [3.63, 3.8) is 0 Å². The van der Waals surface area contributed by atoms with Crippen molar-refractivity contribution in [2.45, 2.75) is 93.8 Å². The largest absolute Gasteiger partial charge is 0.491 e. The van der Waals surface area contributed by atoms with Gasteiger partial charge in [0.15, 0.2) is 0 Å². The summed E-state index contributed by atoms with van der Waals surface area (Å²) in [7, 11) is 6.18. The fourth-order valence-electron chi connectivity index (χ4n) is 8.96. The van der Waals surface area contributed by atoms with Crippen LogP contribution in [0.4, 0.5) is 5.69 Å². The number of thioether (sulfide) groups is 1. The highest BCUT2D eigenvalue weighted by molar-refractivity contribution is 7.99. The highest BCUT2D eigenvalue weighted by Gasteiger charge is 2.46. The Hall–Kier alpha value is -3.41. The molecule has 0 radical (unpaired) electrons. The number of rotatable bonds is 1. The number of aromatic nitrogens is 2. The van der Waals surface area contributed by atoms with Gasteiger partial charge in [0.05, 0.1) is 35.3 Å². The van der Waals surface area contributed by atoms with Gasteiger partial charge in [-0.15, -0.1) is 11.8 Å². The number of nitrogens with zero attached hydrogens (tertiary/aromatic N) is 6. The number of anilines is 1. The summed E-state index contributed by atoms with van der Waals surface area (Å²) in [6, 6.07) is 4.29. The van der Waals surface area contributed by atoms with Crippen molar-refractivity contribution in [2.75, 3.05) is 51.9 Å². The molecule has 0 amide bonds. The Morgan fingerprint density at radius 3 is 2.80 bits per heavy atom. The van der Waals surface area contributed by atoms with Crippen LogP contribution in [0.15, 0.2) is 56.2 Å². The van der Waals surface area contributed by atoms with Crippen molar-refractivity contribution in [3.8, 4) is 5.75 Å². The first-order valence-corrected chi connectivity index (χ1v) is 19.5. The van der Waals surface area contributed by atoms with E-state index < -0.39 is 5.97 Å². The SMILES string of the molecule is CN1CC2=NN(C)C(C)(CSc3cc4c(c(c3)OCCCC3=C(C(=O)O)N(C)C5C3=CC=C(Cl)C5c3c(nn5c3CCCC5)C1)NCCC4)C2. The van der Waals surface area contributed by atoms with Crippen LogP contribution in [0.3, 0.4) is 0 Å². The zero-order valence-corrected chi connectivity index (χ0v) is 31.2. The summed E-state index contributed by atoms with van der Waals surface area (Å²) < 4.78 is 8.74. The van der Waals surface area contributed by atoms with Gasteiger partial charge in [0.25, 0.3) is 0 Å². The Morgan fingerprint density at radius 1 is 1.10 bits per heavy atom. The Bertz CT molecular complexity index is 1850. The molecule has 8 bridgehead atoms. The number of fused-ring (bicyclic) bond motifs is 10. The number of aliphatic carboxylic acids is 1. The number of aryl methyl sites for hydroxylation is 2. The van der Waals surface area contributed by atoms with Crippen LogP contribution in [-0.4, -0.2) is 99.5 Å². The van der Waals surface area contributed by atoms with E-state index in [1.54, 1.807) is 0 Å². The normalized spacial score (nSPS) is 27.2. The van der Waals surface area contributed by atoms with Gasteiger partial charge in [0.2, 0.25) is 0 Å². The number of carboxylic acid groups (broad SMARTS) is 1. The maximum atomic E-state index is 12.9. The summed E-state index contributed by atoms with van der Waals surface area (Å²) >= 11 is 9.09. The summed E-state index contributed by atoms with van der Waals surface area (Å²) in [5.41, 5.74) is 9.19. The van der Waals surface area contributed by atoms with Gasteiger partial charge in [-0.3, -0.25) is 14.6 Å². The number of hydrogen-bond donors (Lipinski definition) is 2. The third-order valence-corrected chi connectivity index (χ3v) is 13.2. The van der Waals surface area contributed by atoms with Gasteiger partial charge < -0.3 is 20.1 Å². The minimum absolute atomic E-state index is 0.101. The third-order valence-electron chi connectivity index (χ3n) is 11.5. The van der Waals surface area contributed by atoms with Gasteiger partial charge in [0, 0.05) is 79.6 Å². The predicted octanol–water partition coefficient (Wildman–Crippen LogP) is 6.22. The van der Waals surface area contributed by atoms with Crippen LogP contribution in [0.1, 0.15) is 73.9 Å². The number of hydrazone groups is 1. The van der Waals surface area contributed by atoms with Crippen molar-refractivity contribution >= 4 is 40.7 Å². The van der Waals surface area contributed by atoms with Gasteiger partial charge in [-0.1, -0.05) is 17.7 Å². The summed E-state index contributed by atoms with van der Waals surface area (Å²) in [6.07, 6.45) is 11.5. The number of nitrogens with one attached hydrogen (secondary N) is 1. The number of carbonyl (C=O) groups is 1. The van der Waals surface area contributed by atoms with E-state index in [2.05, 4.69) is 59.1 Å². The lowest BCUT2D eigenvalue weighted by Crippen LogP contribution is -2.40. The predicted molar refractivity (Wildman–Crippen MR) is 199 cm³/mol. The molecular formula is C38H48ClN7O3S. The van der Waals surface area contributed by atoms with E-state index in [1.165, 1.54) is 27.4 Å². The highest BCUT2D eigenvalue weighted by Crippen LogP contribution is 2.50. The summed E-state index contributed by atoms with van der Waals surface area (Å²) in [5, 5.41) is 27.4. The molecular weight excluding hydrogens is 670 g/mol. The van der Waals surface area contributed by atoms with Crippen LogP contribution >= 0.6 is 23.4 Å². The van der Waals surface area contributed by atoms with Crippen molar-refractivity contribution in [1.29, 1.82) is 0 Å². The smallest absolute Gasteiger partial charge is 0.352 e. The molecule has 0 spiro atoms. The number of likely N-dealkylation sites (N-methyl/N-ethyl adjacent to an activating group) is 1. The van der Waals surface area contributed by atoms with Gasteiger partial charge in [-0.05, 0) is 93.8 Å². The minimum Gasteiger partial charge on any atom is -0.491 e. The minimum atomic E-state index is -0.905. The Morgan fingerprint density at radius 2 is 1.96 bits per heavy atom. The van der Waals surface area contributed by atoms with E-state index in [0.717, 1.165) is 97.2 Å². The molecule has 12 heteroatoms. The standard InChI is InChI=1S/C38H48ClN7O3S/c1-38-19-24(41-45(38)4)20-43(2)21-29-33(30-11-5-6-15-46(30)42-29)32-28(39)13-12-27-26(36(37(47)48)44(3)35(27)32)10-8-16-49-31-18-25(50-22-38)17-23-9-7-14-40-34(23)31/h12-13,17-18,32,35,40H,5-11,14-16,19-22H2,1-4H3,(H,47,48). The van der Waals surface area contributed by atoms with E-state index in [9.17, 15) is 9.90 Å². The Balaban J connectivity index is 1.19. The summed E-state index contributed by atoms with van der Waals surface area (Å²) in [4.78, 5) is 18.4. The van der Waals surface area contributed by atoms with Gasteiger partial charge >= 0.3 is 5.97 Å². The number of ether oxygens (including phenoxy) is 1. The molecule has 2 aromatic rings. The molecule has 5 aliphatic heterocycles. The number of allylic oxidation sites excluding steroid dienone is 2. The van der Waals surface area contributed by atoms with Crippen LogP contribution in [0.2, 0.25) is 0 Å². The van der Waals surface area contributed by atoms with Crippen molar-refractivity contribution < 1.29 is 14.6 Å². The molecule has 2 N–H and O–H groups in total. The molecule has 1 aliphatic carbocycles. The summed E-state index contributed by atoms with van der Waals surface area (Å²) in [5.74, 6) is 0.682. The molecule has 3 atom stereocenters. The number of hydrogen-bond acceptors (Lipinski definition) is 9. The van der Waals surface area contributed by atoms with Crippen molar-refractivity contribution in [1.82, 2.24) is 24.6 Å². The molecule has 3 unspecified atom stereocenters. The number of carboxylic acids is 1. The lowest BCUT2D eigenvalue weighted by Gasteiger charge is -2.35. The maximum Gasteiger partial charge on any atom is 0.352 e. The first-order valence-electron chi connectivity index (χ1n) is 18.1. The monoisotopic (exact) mass is 717 g/mol. The first-order chi connectivity index (χ1) is 24.1. The molecule has 6 heterocycles. The van der Waals surface area contributed by atoms with E-state index in [1.807, 2.05) is 29.8 Å². The van der Waals surface area contributed by atoms with E-state index in [4.69, 9.17) is 26.5 Å². The lowest BCUT2D eigenvalue weighted by molar-refractivity contribution is -0.134. The quantitative estimate of drug-likeness (QED) is 0.356. The average Bonchev–Trinajstić information content (AvgIpc) is 3.69. The van der Waals surface area contributed by atoms with Crippen LogP contribution < -0.4 is 10.1 Å². The Kier molecular flexibility index (Phi) is 8.96. The van der Waals surface area contributed by atoms with Crippen LogP contribution in [-0.2, 0) is 30.7 Å². The second-order valence-electron chi connectivity index (χ2n) is 15.1. The molecule has 0 fully saturated rings. The second kappa shape index (κ2) is 13.3. The van der Waals surface area contributed by atoms with E-state index in [-0.39, 0.29) is 17.5 Å². The fraction of sp³-hybridized carbons (Fsp3) is 0.553.